The van der Waals surface area contributed by atoms with Gasteiger partial charge in [-0.15, -0.1) is 0 Å². The van der Waals surface area contributed by atoms with Crippen molar-refractivity contribution in [3.63, 3.8) is 0 Å². The summed E-state index contributed by atoms with van der Waals surface area (Å²) in [6, 6.07) is 8.21. The lowest BCUT2D eigenvalue weighted by Crippen LogP contribution is -2.40. The zero-order valence-corrected chi connectivity index (χ0v) is 23.4. The number of hydrogen-bond acceptors (Lipinski definition) is 8. The predicted octanol–water partition coefficient (Wildman–Crippen LogP) is 3.73. The molecule has 1 spiro atoms. The number of nitrogens with one attached hydrogen (secondary N) is 3. The first kappa shape index (κ1) is 28.3. The summed E-state index contributed by atoms with van der Waals surface area (Å²) >= 11 is 0. The summed E-state index contributed by atoms with van der Waals surface area (Å²) in [5.41, 5.74) is 2.76. The lowest BCUT2D eigenvalue weighted by Gasteiger charge is -2.35. The van der Waals surface area contributed by atoms with Gasteiger partial charge in [-0.25, -0.2) is 22.2 Å². The van der Waals surface area contributed by atoms with Gasteiger partial charge in [0, 0.05) is 46.1 Å². The number of aliphatic hydroxyl groups excluding tert-OH is 1. The number of nitrogens with zero attached hydrogens (tertiary/aromatic N) is 3. The molecule has 10 nitrogen and oxygen atoms in total. The monoisotopic (exact) mass is 578 g/mol. The Morgan fingerprint density at radius 1 is 0.975 bits per heavy atom. The molecule has 1 aliphatic carbocycles. The van der Waals surface area contributed by atoms with E-state index >= 15 is 0 Å². The fourth-order valence-electron chi connectivity index (χ4n) is 5.46. The van der Waals surface area contributed by atoms with Crippen LogP contribution in [0.3, 0.4) is 0 Å². The second-order valence-corrected chi connectivity index (χ2v) is 12.8. The molecule has 2 aromatic rings. The number of anilines is 5. The SMILES string of the molecule is CNc1ccc(C(=O)Nc2ccc(NS(=O)(=O)CCO)cc2N2CCC3(CC2)CC3)nc1N1CCC(F)(F)CC1. The number of carbonyl (C=O) groups is 1. The van der Waals surface area contributed by atoms with Crippen molar-refractivity contribution in [3.05, 3.63) is 36.0 Å². The lowest BCUT2D eigenvalue weighted by molar-refractivity contribution is -0.0221. The molecule has 0 radical (unpaired) electrons. The van der Waals surface area contributed by atoms with E-state index < -0.39 is 34.2 Å². The van der Waals surface area contributed by atoms with Gasteiger partial charge in [0.25, 0.3) is 11.8 Å². The summed E-state index contributed by atoms with van der Waals surface area (Å²) < 4.78 is 54.5. The number of aromatic nitrogens is 1. The third kappa shape index (κ3) is 6.41. The molecule has 3 fully saturated rings. The molecular weight excluding hydrogens is 542 g/mol. The van der Waals surface area contributed by atoms with E-state index in [1.807, 2.05) is 0 Å². The quantitative estimate of drug-likeness (QED) is 0.355. The highest BCUT2D eigenvalue weighted by atomic mass is 32.2. The second kappa shape index (κ2) is 11.0. The number of hydrogen-bond donors (Lipinski definition) is 4. The van der Waals surface area contributed by atoms with Crippen LogP contribution in [0.15, 0.2) is 30.3 Å². The summed E-state index contributed by atoms with van der Waals surface area (Å²) in [5.74, 6) is -3.13. The summed E-state index contributed by atoms with van der Waals surface area (Å²) in [7, 11) is -2.01. The van der Waals surface area contributed by atoms with E-state index in [9.17, 15) is 22.0 Å². The van der Waals surface area contributed by atoms with Crippen LogP contribution in [0.4, 0.5) is 37.3 Å². The number of rotatable bonds is 9. The van der Waals surface area contributed by atoms with Gasteiger partial charge in [0.05, 0.1) is 35.1 Å². The maximum atomic E-state index is 13.7. The first-order valence-electron chi connectivity index (χ1n) is 13.7. The molecule has 3 heterocycles. The highest BCUT2D eigenvalue weighted by Crippen LogP contribution is 2.54. The van der Waals surface area contributed by atoms with Gasteiger partial charge >= 0.3 is 0 Å². The number of piperidine rings is 2. The first-order chi connectivity index (χ1) is 19.0. The fourth-order valence-corrected chi connectivity index (χ4v) is 6.28. The molecule has 4 N–H and O–H groups in total. The Bertz CT molecular complexity index is 1350. The molecule has 1 aromatic heterocycles. The Morgan fingerprint density at radius 3 is 2.25 bits per heavy atom. The molecule has 40 heavy (non-hydrogen) atoms. The van der Waals surface area contributed by atoms with E-state index in [0.717, 1.165) is 25.9 Å². The van der Waals surface area contributed by atoms with E-state index in [2.05, 4.69) is 25.2 Å². The number of pyridine rings is 1. The van der Waals surface area contributed by atoms with Crippen molar-refractivity contribution < 1.29 is 27.1 Å². The maximum Gasteiger partial charge on any atom is 0.274 e. The van der Waals surface area contributed by atoms with Crippen molar-refractivity contribution in [2.24, 2.45) is 5.41 Å². The number of carbonyl (C=O) groups excluding carboxylic acids is 1. The van der Waals surface area contributed by atoms with Crippen molar-refractivity contribution in [1.82, 2.24) is 4.98 Å². The molecule has 2 aliphatic heterocycles. The van der Waals surface area contributed by atoms with E-state index in [0.29, 0.717) is 34.0 Å². The molecule has 1 amide bonds. The van der Waals surface area contributed by atoms with Gasteiger partial charge < -0.3 is 25.5 Å². The Labute approximate surface area is 233 Å². The molecule has 218 valence electrons. The predicted molar refractivity (Wildman–Crippen MR) is 152 cm³/mol. The molecule has 1 saturated carbocycles. The van der Waals surface area contributed by atoms with Gasteiger partial charge in [-0.1, -0.05) is 0 Å². The Hall–Kier alpha value is -3.19. The van der Waals surface area contributed by atoms with Crippen molar-refractivity contribution in [3.8, 4) is 0 Å². The number of benzene rings is 1. The molecule has 5 rings (SSSR count). The standard InChI is InChI=1S/C27H36F2N6O4S/c1-30-21-4-5-22(31-24(21)35-14-10-27(28,29)11-15-35)25(37)32-20-3-2-19(33-40(38,39)17-16-36)18-23(20)34-12-8-26(6-7-26)9-13-34/h2-5,18,30,33,36H,6-17H2,1H3,(H,32,37). The van der Waals surface area contributed by atoms with E-state index in [1.165, 1.54) is 12.8 Å². The van der Waals surface area contributed by atoms with Crippen molar-refractivity contribution >= 4 is 44.5 Å². The summed E-state index contributed by atoms with van der Waals surface area (Å²) in [6.07, 6.45) is 3.98. The normalized spacial score (nSPS) is 19.8. The Morgan fingerprint density at radius 2 is 1.62 bits per heavy atom. The minimum atomic E-state index is -3.72. The number of alkyl halides is 2. The number of sulfonamides is 1. The molecule has 0 atom stereocenters. The van der Waals surface area contributed by atoms with Crippen molar-refractivity contribution in [1.29, 1.82) is 0 Å². The highest BCUT2D eigenvalue weighted by Gasteiger charge is 2.44. The summed E-state index contributed by atoms with van der Waals surface area (Å²) in [5, 5.41) is 15.0. The summed E-state index contributed by atoms with van der Waals surface area (Å²) in [4.78, 5) is 21.9. The van der Waals surface area contributed by atoms with Crippen LogP contribution < -0.4 is 25.2 Å². The van der Waals surface area contributed by atoms with Crippen LogP contribution in [-0.4, -0.2) is 75.9 Å². The Balaban J connectivity index is 1.39. The number of halogens is 2. The molecule has 0 bridgehead atoms. The van der Waals surface area contributed by atoms with Crippen LogP contribution in [0.1, 0.15) is 49.0 Å². The van der Waals surface area contributed by atoms with Crippen LogP contribution >= 0.6 is 0 Å². The topological polar surface area (TPSA) is 127 Å². The lowest BCUT2D eigenvalue weighted by atomic mass is 9.93. The van der Waals surface area contributed by atoms with Crippen molar-refractivity contribution in [2.75, 3.05) is 70.7 Å². The van der Waals surface area contributed by atoms with Crippen LogP contribution in [0, 0.1) is 5.41 Å². The van der Waals surface area contributed by atoms with E-state index in [-0.39, 0.29) is 31.6 Å². The first-order valence-corrected chi connectivity index (χ1v) is 15.3. The van der Waals surface area contributed by atoms with Gasteiger partial charge in [-0.2, -0.15) is 0 Å². The van der Waals surface area contributed by atoms with Crippen LogP contribution in [0.5, 0.6) is 0 Å². The number of amides is 1. The molecular formula is C27H36F2N6O4S. The van der Waals surface area contributed by atoms with Gasteiger partial charge in [-0.3, -0.25) is 9.52 Å². The maximum absolute atomic E-state index is 13.7. The average molecular weight is 579 g/mol. The van der Waals surface area contributed by atoms with E-state index in [1.54, 1.807) is 42.3 Å². The van der Waals surface area contributed by atoms with Gasteiger partial charge in [0.2, 0.25) is 10.0 Å². The average Bonchev–Trinajstić information content (AvgIpc) is 3.68. The van der Waals surface area contributed by atoms with E-state index in [4.69, 9.17) is 5.11 Å². The molecule has 0 unspecified atom stereocenters. The molecule has 1 aromatic carbocycles. The molecule has 3 aliphatic rings. The zero-order chi connectivity index (χ0) is 28.5. The van der Waals surface area contributed by atoms with Gasteiger partial charge in [0.15, 0.2) is 5.82 Å². The molecule has 2 saturated heterocycles. The third-order valence-electron chi connectivity index (χ3n) is 8.17. The smallest absolute Gasteiger partial charge is 0.274 e. The fraction of sp³-hybridized carbons (Fsp3) is 0.556. The largest absolute Gasteiger partial charge is 0.395 e. The van der Waals surface area contributed by atoms with Crippen LogP contribution in [-0.2, 0) is 10.0 Å². The minimum Gasteiger partial charge on any atom is -0.395 e. The highest BCUT2D eigenvalue weighted by molar-refractivity contribution is 7.92. The van der Waals surface area contributed by atoms with Crippen LogP contribution in [0.2, 0.25) is 0 Å². The summed E-state index contributed by atoms with van der Waals surface area (Å²) in [6.45, 7) is 1.34. The molecule has 13 heteroatoms. The van der Waals surface area contributed by atoms with Gasteiger partial charge in [-0.05, 0) is 61.4 Å². The second-order valence-electron chi connectivity index (χ2n) is 11.0. The van der Waals surface area contributed by atoms with Crippen LogP contribution in [0.25, 0.3) is 0 Å². The van der Waals surface area contributed by atoms with Crippen molar-refractivity contribution in [2.45, 2.75) is 44.4 Å². The zero-order valence-electron chi connectivity index (χ0n) is 22.5. The minimum absolute atomic E-state index is 0.133. The number of aliphatic hydroxyl groups is 1. The third-order valence-corrected chi connectivity index (χ3v) is 9.44. The Kier molecular flexibility index (Phi) is 7.79. The van der Waals surface area contributed by atoms with Gasteiger partial charge in [0.1, 0.15) is 5.69 Å².